The van der Waals surface area contributed by atoms with E-state index in [0.29, 0.717) is 17.9 Å². The molecule has 0 fully saturated rings. The molecule has 1 unspecified atom stereocenters. The van der Waals surface area contributed by atoms with Crippen molar-refractivity contribution in [3.8, 4) is 17.0 Å². The van der Waals surface area contributed by atoms with Crippen molar-refractivity contribution in [2.75, 3.05) is 0 Å². The topological polar surface area (TPSA) is 65.2 Å². The Labute approximate surface area is 153 Å². The van der Waals surface area contributed by atoms with E-state index in [4.69, 9.17) is 10.5 Å². The Morgan fingerprint density at radius 1 is 1.19 bits per heavy atom. The Morgan fingerprint density at radius 3 is 2.69 bits per heavy atom. The van der Waals surface area contributed by atoms with Crippen molar-refractivity contribution in [3.63, 3.8) is 0 Å². The maximum absolute atomic E-state index is 13.4. The van der Waals surface area contributed by atoms with Crippen molar-refractivity contribution in [2.24, 2.45) is 5.73 Å². The van der Waals surface area contributed by atoms with E-state index >= 15 is 0 Å². The number of rotatable bonds is 5. The molecule has 0 aliphatic heterocycles. The van der Waals surface area contributed by atoms with Gasteiger partial charge >= 0.3 is 0 Å². The van der Waals surface area contributed by atoms with Gasteiger partial charge in [-0.3, -0.25) is 9.78 Å². The van der Waals surface area contributed by atoms with Crippen LogP contribution in [0.25, 0.3) is 11.3 Å². The van der Waals surface area contributed by atoms with Crippen molar-refractivity contribution in [3.05, 3.63) is 77.2 Å². The van der Waals surface area contributed by atoms with Gasteiger partial charge in [0.2, 0.25) is 5.91 Å². The predicted octanol–water partition coefficient (Wildman–Crippen LogP) is 3.37. The zero-order valence-electron chi connectivity index (χ0n) is 14.2. The molecular formula is C20H18FN2O2P. The van der Waals surface area contributed by atoms with Crippen molar-refractivity contribution in [1.29, 1.82) is 0 Å². The smallest absolute Gasteiger partial charge is 0.248 e. The van der Waals surface area contributed by atoms with E-state index in [9.17, 15) is 9.18 Å². The van der Waals surface area contributed by atoms with Gasteiger partial charge in [-0.1, -0.05) is 6.07 Å². The molecule has 0 bridgehead atoms. The van der Waals surface area contributed by atoms with Crippen LogP contribution >= 0.6 is 9.24 Å². The van der Waals surface area contributed by atoms with Crippen LogP contribution in [0.2, 0.25) is 0 Å². The number of halogens is 1. The van der Waals surface area contributed by atoms with Crippen LogP contribution in [0.3, 0.4) is 0 Å². The van der Waals surface area contributed by atoms with Crippen molar-refractivity contribution >= 4 is 20.5 Å². The van der Waals surface area contributed by atoms with Crippen LogP contribution in [-0.4, -0.2) is 10.9 Å². The zero-order valence-corrected chi connectivity index (χ0v) is 15.4. The summed E-state index contributed by atoms with van der Waals surface area (Å²) >= 11 is 0. The van der Waals surface area contributed by atoms with Crippen molar-refractivity contribution < 1.29 is 13.9 Å². The van der Waals surface area contributed by atoms with E-state index in [1.54, 1.807) is 18.3 Å². The second kappa shape index (κ2) is 7.63. The first-order chi connectivity index (χ1) is 12.4. The van der Waals surface area contributed by atoms with E-state index in [0.717, 1.165) is 27.7 Å². The third kappa shape index (κ3) is 4.24. The molecule has 1 atom stereocenters. The highest BCUT2D eigenvalue weighted by Crippen LogP contribution is 2.22. The minimum atomic E-state index is -0.451. The highest BCUT2D eigenvalue weighted by Gasteiger charge is 2.08. The van der Waals surface area contributed by atoms with Crippen molar-refractivity contribution in [2.45, 2.75) is 13.5 Å². The molecule has 0 saturated heterocycles. The molecule has 1 heterocycles. The third-order valence-corrected chi connectivity index (χ3v) is 4.24. The number of hydrogen-bond donors (Lipinski definition) is 1. The van der Waals surface area contributed by atoms with E-state index in [2.05, 4.69) is 14.2 Å². The molecule has 0 aliphatic rings. The van der Waals surface area contributed by atoms with Gasteiger partial charge in [-0.2, -0.15) is 0 Å². The molecule has 0 radical (unpaired) electrons. The average Bonchev–Trinajstić information content (AvgIpc) is 2.59. The largest absolute Gasteiger partial charge is 0.489 e. The third-order valence-electron chi connectivity index (χ3n) is 3.91. The molecule has 3 rings (SSSR count). The molecule has 1 aromatic heterocycles. The molecule has 26 heavy (non-hydrogen) atoms. The number of primary amides is 1. The van der Waals surface area contributed by atoms with Gasteiger partial charge in [-0.05, 0) is 59.8 Å². The number of carbonyl (C=O) groups excluding carboxylic acids is 1. The molecule has 3 aromatic rings. The predicted molar refractivity (Wildman–Crippen MR) is 103 cm³/mol. The summed E-state index contributed by atoms with van der Waals surface area (Å²) in [5.41, 5.74) is 9.18. The summed E-state index contributed by atoms with van der Waals surface area (Å²) in [5.74, 6) is -0.323. The summed E-state index contributed by atoms with van der Waals surface area (Å²) in [4.78, 5) is 15.7. The summed E-state index contributed by atoms with van der Waals surface area (Å²) in [5, 5.41) is 0.723. The van der Waals surface area contributed by atoms with Gasteiger partial charge in [0.1, 0.15) is 18.2 Å². The lowest BCUT2D eigenvalue weighted by Crippen LogP contribution is -2.12. The molecule has 4 nitrogen and oxygen atoms in total. The summed E-state index contributed by atoms with van der Waals surface area (Å²) < 4.78 is 19.1. The summed E-state index contributed by atoms with van der Waals surface area (Å²) in [6, 6.07) is 13.6. The van der Waals surface area contributed by atoms with Crippen LogP contribution in [-0.2, 0) is 6.61 Å². The molecule has 1 amide bonds. The lowest BCUT2D eigenvalue weighted by Gasteiger charge is -2.10. The van der Waals surface area contributed by atoms with Crippen LogP contribution in [0.5, 0.6) is 5.75 Å². The molecular weight excluding hydrogens is 350 g/mol. The van der Waals surface area contributed by atoms with E-state index in [-0.39, 0.29) is 5.82 Å². The van der Waals surface area contributed by atoms with Crippen LogP contribution in [0.15, 0.2) is 54.7 Å². The van der Waals surface area contributed by atoms with Gasteiger partial charge in [0.15, 0.2) is 0 Å². The van der Waals surface area contributed by atoms with Gasteiger partial charge in [-0.15, -0.1) is 9.24 Å². The Hall–Kier alpha value is -2.78. The minimum absolute atomic E-state index is 0.293. The number of ether oxygens (including phenoxy) is 1. The summed E-state index contributed by atoms with van der Waals surface area (Å²) in [6.07, 6.45) is 1.69. The number of nitrogens with two attached hydrogens (primary N) is 1. The first-order valence-electron chi connectivity index (χ1n) is 7.97. The molecule has 132 valence electrons. The number of pyridine rings is 1. The van der Waals surface area contributed by atoms with E-state index in [1.165, 1.54) is 12.1 Å². The molecule has 6 heteroatoms. The first-order valence-corrected chi connectivity index (χ1v) is 8.55. The zero-order chi connectivity index (χ0) is 18.7. The number of nitrogens with zero attached hydrogens (tertiary/aromatic N) is 1. The number of carbonyl (C=O) groups is 1. The highest BCUT2D eigenvalue weighted by molar-refractivity contribution is 7.27. The average molecular weight is 368 g/mol. The molecule has 2 aromatic carbocycles. The van der Waals surface area contributed by atoms with Gasteiger partial charge in [0, 0.05) is 23.4 Å². The maximum atomic E-state index is 13.4. The fourth-order valence-corrected chi connectivity index (χ4v) is 2.98. The molecule has 2 N–H and O–H groups in total. The quantitative estimate of drug-likeness (QED) is 0.702. The van der Waals surface area contributed by atoms with Crippen molar-refractivity contribution in [1.82, 2.24) is 4.98 Å². The van der Waals surface area contributed by atoms with Gasteiger partial charge < -0.3 is 10.5 Å². The number of benzene rings is 2. The van der Waals surface area contributed by atoms with Gasteiger partial charge in [-0.25, -0.2) is 4.39 Å². The normalized spacial score (nSPS) is 10.6. The van der Waals surface area contributed by atoms with Crippen LogP contribution in [0.1, 0.15) is 21.5 Å². The lowest BCUT2D eigenvalue weighted by atomic mass is 10.0. The van der Waals surface area contributed by atoms with E-state index < -0.39 is 5.91 Å². The monoisotopic (exact) mass is 368 g/mol. The SMILES string of the molecule is Cc1cc(-c2cc(COc3cc(F)cc(P)c3)ccn2)ccc1C(N)=O. The first kappa shape index (κ1) is 18.0. The second-order valence-electron chi connectivity index (χ2n) is 5.95. The minimum Gasteiger partial charge on any atom is -0.489 e. The van der Waals surface area contributed by atoms with E-state index in [1.807, 2.05) is 31.2 Å². The maximum Gasteiger partial charge on any atom is 0.248 e. The fourth-order valence-electron chi connectivity index (χ4n) is 2.66. The summed E-state index contributed by atoms with van der Waals surface area (Å²) in [6.45, 7) is 2.13. The van der Waals surface area contributed by atoms with Crippen LogP contribution in [0, 0.1) is 12.7 Å². The molecule has 0 saturated carbocycles. The summed E-state index contributed by atoms with van der Waals surface area (Å²) in [7, 11) is 2.45. The second-order valence-corrected chi connectivity index (χ2v) is 6.62. The Morgan fingerprint density at radius 2 is 2.00 bits per heavy atom. The van der Waals surface area contributed by atoms with Gasteiger partial charge in [0.25, 0.3) is 0 Å². The molecule has 0 aliphatic carbocycles. The molecule has 0 spiro atoms. The van der Waals surface area contributed by atoms with Gasteiger partial charge in [0.05, 0.1) is 5.69 Å². The Bertz CT molecular complexity index is 956. The fraction of sp³-hybridized carbons (Fsp3) is 0.100. The van der Waals surface area contributed by atoms with Crippen LogP contribution < -0.4 is 15.8 Å². The Kier molecular flexibility index (Phi) is 5.29. The number of amides is 1. The number of aryl methyl sites for hydroxylation is 1. The standard InChI is InChI=1S/C20H18FN2O2P/c1-12-6-14(2-3-18(12)20(22)24)19-7-13(4-5-23-19)11-25-16-8-15(21)9-17(26)10-16/h2-10H,11,26H2,1H3,(H2,22,24). The Balaban J connectivity index is 1.80. The van der Waals surface area contributed by atoms with Crippen LogP contribution in [0.4, 0.5) is 4.39 Å². The highest BCUT2D eigenvalue weighted by atomic mass is 31.0. The number of aromatic nitrogens is 1. The number of hydrogen-bond acceptors (Lipinski definition) is 3. The lowest BCUT2D eigenvalue weighted by molar-refractivity contribution is 0.0999.